The number of hydrogen-bond donors (Lipinski definition) is 1. The van der Waals surface area contributed by atoms with Crippen LogP contribution in [0.1, 0.15) is 31.0 Å². The zero-order valence-corrected chi connectivity index (χ0v) is 12.6. The Kier molecular flexibility index (Phi) is 5.15. The molecule has 4 heteroatoms. The van der Waals surface area contributed by atoms with Crippen LogP contribution in [-0.4, -0.2) is 43.2 Å². The molecule has 1 fully saturated rings. The number of nitrogens with one attached hydrogen (secondary N) is 1. The smallest absolute Gasteiger partial charge is 0.239 e. The third kappa shape index (κ3) is 3.58. The molecule has 0 aromatic heterocycles. The second-order valence-electron chi connectivity index (χ2n) is 5.40. The highest BCUT2D eigenvalue weighted by Gasteiger charge is 2.23. The fraction of sp³-hybridized carbons (Fsp3) is 0.562. The molecule has 0 radical (unpaired) electrons. The molecule has 1 aromatic carbocycles. The number of nitrogens with zero attached hydrogens (tertiary/aromatic N) is 1. The molecule has 0 unspecified atom stereocenters. The number of hydrogen-bond acceptors (Lipinski definition) is 3. The van der Waals surface area contributed by atoms with Crippen LogP contribution in [0.25, 0.3) is 0 Å². The Morgan fingerprint density at radius 1 is 1.25 bits per heavy atom. The number of benzene rings is 1. The SMILES string of the molecule is Cc1ccccc1[C@H](C)N[C@@H](C)C(=O)N1CCOCC1. The molecule has 0 aliphatic carbocycles. The van der Waals surface area contributed by atoms with Crippen molar-refractivity contribution in [2.45, 2.75) is 32.9 Å². The molecule has 2 atom stereocenters. The predicted molar refractivity (Wildman–Crippen MR) is 79.6 cm³/mol. The summed E-state index contributed by atoms with van der Waals surface area (Å²) in [6.45, 7) is 8.82. The minimum Gasteiger partial charge on any atom is -0.378 e. The topological polar surface area (TPSA) is 41.6 Å². The molecular formula is C16H24N2O2. The molecule has 1 aromatic rings. The molecule has 1 heterocycles. The van der Waals surface area contributed by atoms with Gasteiger partial charge in [-0.3, -0.25) is 10.1 Å². The number of rotatable bonds is 4. The maximum Gasteiger partial charge on any atom is 0.239 e. The van der Waals surface area contributed by atoms with Crippen LogP contribution >= 0.6 is 0 Å². The molecular weight excluding hydrogens is 252 g/mol. The van der Waals surface area contributed by atoms with E-state index in [1.165, 1.54) is 11.1 Å². The Labute approximate surface area is 121 Å². The third-order valence-corrected chi connectivity index (χ3v) is 3.85. The molecule has 1 saturated heterocycles. The molecule has 4 nitrogen and oxygen atoms in total. The van der Waals surface area contributed by atoms with Crippen molar-refractivity contribution in [1.82, 2.24) is 10.2 Å². The Hall–Kier alpha value is -1.39. The van der Waals surface area contributed by atoms with E-state index < -0.39 is 0 Å². The molecule has 1 N–H and O–H groups in total. The van der Waals surface area contributed by atoms with E-state index in [2.05, 4.69) is 31.3 Å². The Morgan fingerprint density at radius 2 is 1.90 bits per heavy atom. The molecule has 110 valence electrons. The summed E-state index contributed by atoms with van der Waals surface area (Å²) in [6, 6.07) is 8.27. The van der Waals surface area contributed by atoms with Gasteiger partial charge in [0.15, 0.2) is 0 Å². The van der Waals surface area contributed by atoms with Crippen LogP contribution in [0.3, 0.4) is 0 Å². The van der Waals surface area contributed by atoms with Crippen LogP contribution in [0.5, 0.6) is 0 Å². The van der Waals surface area contributed by atoms with Gasteiger partial charge < -0.3 is 9.64 Å². The molecule has 0 spiro atoms. The fourth-order valence-corrected chi connectivity index (χ4v) is 2.67. The van der Waals surface area contributed by atoms with E-state index in [1.54, 1.807) is 0 Å². The van der Waals surface area contributed by atoms with Crippen LogP contribution in [0, 0.1) is 6.92 Å². The van der Waals surface area contributed by atoms with Gasteiger partial charge in [0.05, 0.1) is 19.3 Å². The van der Waals surface area contributed by atoms with Crippen molar-refractivity contribution in [2.24, 2.45) is 0 Å². The van der Waals surface area contributed by atoms with Gasteiger partial charge in [0, 0.05) is 19.1 Å². The molecule has 0 bridgehead atoms. The van der Waals surface area contributed by atoms with E-state index in [-0.39, 0.29) is 18.0 Å². The maximum atomic E-state index is 12.4. The first-order chi connectivity index (χ1) is 9.59. The van der Waals surface area contributed by atoms with Gasteiger partial charge in [0.2, 0.25) is 5.91 Å². The number of morpholine rings is 1. The highest BCUT2D eigenvalue weighted by atomic mass is 16.5. The van der Waals surface area contributed by atoms with E-state index in [1.807, 2.05) is 24.0 Å². The predicted octanol–water partition coefficient (Wildman–Crippen LogP) is 1.89. The molecule has 1 aliphatic heterocycles. The summed E-state index contributed by atoms with van der Waals surface area (Å²) in [5.41, 5.74) is 2.49. The van der Waals surface area contributed by atoms with Gasteiger partial charge in [-0.2, -0.15) is 0 Å². The lowest BCUT2D eigenvalue weighted by molar-refractivity contribution is -0.137. The first-order valence-electron chi connectivity index (χ1n) is 7.27. The van der Waals surface area contributed by atoms with E-state index in [9.17, 15) is 4.79 Å². The summed E-state index contributed by atoms with van der Waals surface area (Å²) in [6.07, 6.45) is 0. The second-order valence-corrected chi connectivity index (χ2v) is 5.40. The molecule has 2 rings (SSSR count). The summed E-state index contributed by atoms with van der Waals surface area (Å²) in [4.78, 5) is 14.2. The molecule has 1 amide bonds. The number of carbonyl (C=O) groups excluding carboxylic acids is 1. The van der Waals surface area contributed by atoms with Gasteiger partial charge in [-0.25, -0.2) is 0 Å². The van der Waals surface area contributed by atoms with Gasteiger partial charge in [0.1, 0.15) is 0 Å². The summed E-state index contributed by atoms with van der Waals surface area (Å²) in [5.74, 6) is 0.161. The van der Waals surface area contributed by atoms with E-state index in [0.29, 0.717) is 26.3 Å². The average molecular weight is 276 g/mol. The van der Waals surface area contributed by atoms with Crippen molar-refractivity contribution < 1.29 is 9.53 Å². The lowest BCUT2D eigenvalue weighted by Gasteiger charge is -2.30. The summed E-state index contributed by atoms with van der Waals surface area (Å²) in [7, 11) is 0. The molecule has 0 saturated carbocycles. The third-order valence-electron chi connectivity index (χ3n) is 3.85. The van der Waals surface area contributed by atoms with Crippen LogP contribution in [0.2, 0.25) is 0 Å². The first kappa shape index (κ1) is 15.0. The van der Waals surface area contributed by atoms with Gasteiger partial charge in [-0.05, 0) is 31.9 Å². The quantitative estimate of drug-likeness (QED) is 0.913. The van der Waals surface area contributed by atoms with Crippen molar-refractivity contribution in [2.75, 3.05) is 26.3 Å². The number of ether oxygens (including phenoxy) is 1. The highest BCUT2D eigenvalue weighted by molar-refractivity contribution is 5.81. The van der Waals surface area contributed by atoms with Crippen LogP contribution < -0.4 is 5.32 Å². The summed E-state index contributed by atoms with van der Waals surface area (Å²) in [5, 5.41) is 3.40. The monoisotopic (exact) mass is 276 g/mol. The van der Waals surface area contributed by atoms with Gasteiger partial charge >= 0.3 is 0 Å². The molecule has 1 aliphatic rings. The highest BCUT2D eigenvalue weighted by Crippen LogP contribution is 2.17. The van der Waals surface area contributed by atoms with Crippen molar-refractivity contribution in [3.63, 3.8) is 0 Å². The van der Waals surface area contributed by atoms with E-state index in [0.717, 1.165) is 0 Å². The van der Waals surface area contributed by atoms with E-state index >= 15 is 0 Å². The number of aryl methyl sites for hydroxylation is 1. The number of amides is 1. The number of carbonyl (C=O) groups is 1. The van der Waals surface area contributed by atoms with Gasteiger partial charge in [-0.1, -0.05) is 24.3 Å². The van der Waals surface area contributed by atoms with E-state index in [4.69, 9.17) is 4.74 Å². The zero-order chi connectivity index (χ0) is 14.5. The Morgan fingerprint density at radius 3 is 2.55 bits per heavy atom. The lowest BCUT2D eigenvalue weighted by Crippen LogP contribution is -2.49. The minimum absolute atomic E-state index is 0.161. The van der Waals surface area contributed by atoms with Crippen molar-refractivity contribution in [3.8, 4) is 0 Å². The van der Waals surface area contributed by atoms with Gasteiger partial charge in [-0.15, -0.1) is 0 Å². The minimum atomic E-state index is -0.178. The Bertz CT molecular complexity index is 456. The Balaban J connectivity index is 1.95. The maximum absolute atomic E-state index is 12.4. The fourth-order valence-electron chi connectivity index (χ4n) is 2.67. The average Bonchev–Trinajstić information content (AvgIpc) is 2.47. The van der Waals surface area contributed by atoms with Crippen LogP contribution in [0.15, 0.2) is 24.3 Å². The normalized spacial score (nSPS) is 18.6. The second kappa shape index (κ2) is 6.86. The molecule has 20 heavy (non-hydrogen) atoms. The van der Waals surface area contributed by atoms with Crippen molar-refractivity contribution >= 4 is 5.91 Å². The van der Waals surface area contributed by atoms with Crippen molar-refractivity contribution in [1.29, 1.82) is 0 Å². The summed E-state index contributed by atoms with van der Waals surface area (Å²) >= 11 is 0. The first-order valence-corrected chi connectivity index (χ1v) is 7.27. The largest absolute Gasteiger partial charge is 0.378 e. The van der Waals surface area contributed by atoms with Crippen molar-refractivity contribution in [3.05, 3.63) is 35.4 Å². The zero-order valence-electron chi connectivity index (χ0n) is 12.6. The summed E-state index contributed by atoms with van der Waals surface area (Å²) < 4.78 is 5.28. The van der Waals surface area contributed by atoms with Crippen LogP contribution in [0.4, 0.5) is 0 Å². The lowest BCUT2D eigenvalue weighted by atomic mass is 10.0. The standard InChI is InChI=1S/C16H24N2O2/c1-12-6-4-5-7-15(12)13(2)17-14(3)16(19)18-8-10-20-11-9-18/h4-7,13-14,17H,8-11H2,1-3H3/t13-,14-/m0/s1. The van der Waals surface area contributed by atoms with Crippen LogP contribution in [-0.2, 0) is 9.53 Å². The van der Waals surface area contributed by atoms with Gasteiger partial charge in [0.25, 0.3) is 0 Å².